The molecule has 0 saturated carbocycles. The standard InChI is InChI=1S/C11H24N2O3/c1-9(2)10(11(14)15)12-5-7-16-8-6-13(3)4/h9-10,12H,5-8H2,1-4H3,(H,14,15). The average molecular weight is 232 g/mol. The molecule has 0 aliphatic heterocycles. The maximum atomic E-state index is 10.8. The molecular formula is C11H24N2O3. The Balaban J connectivity index is 3.52. The summed E-state index contributed by atoms with van der Waals surface area (Å²) < 4.78 is 5.36. The third-order valence-corrected chi connectivity index (χ3v) is 2.23. The summed E-state index contributed by atoms with van der Waals surface area (Å²) in [5, 5.41) is 11.9. The van der Waals surface area contributed by atoms with Crippen LogP contribution in [0.25, 0.3) is 0 Å². The van der Waals surface area contributed by atoms with Crippen LogP contribution in [0.3, 0.4) is 0 Å². The van der Waals surface area contributed by atoms with Crippen LogP contribution in [0.5, 0.6) is 0 Å². The number of nitrogens with zero attached hydrogens (tertiary/aromatic N) is 1. The van der Waals surface area contributed by atoms with Crippen molar-refractivity contribution in [3.05, 3.63) is 0 Å². The van der Waals surface area contributed by atoms with E-state index < -0.39 is 12.0 Å². The van der Waals surface area contributed by atoms with Crippen LogP contribution in [0, 0.1) is 5.92 Å². The first kappa shape index (κ1) is 15.3. The van der Waals surface area contributed by atoms with E-state index in [0.29, 0.717) is 19.8 Å². The van der Waals surface area contributed by atoms with Gasteiger partial charge in [0.2, 0.25) is 0 Å². The van der Waals surface area contributed by atoms with Gasteiger partial charge in [-0.2, -0.15) is 0 Å². The molecule has 0 heterocycles. The van der Waals surface area contributed by atoms with Crippen molar-refractivity contribution in [1.82, 2.24) is 10.2 Å². The van der Waals surface area contributed by atoms with E-state index in [1.165, 1.54) is 0 Å². The van der Waals surface area contributed by atoms with E-state index in [2.05, 4.69) is 5.32 Å². The summed E-state index contributed by atoms with van der Waals surface area (Å²) in [5.41, 5.74) is 0. The fourth-order valence-corrected chi connectivity index (χ4v) is 1.24. The van der Waals surface area contributed by atoms with Gasteiger partial charge in [-0.25, -0.2) is 0 Å². The summed E-state index contributed by atoms with van der Waals surface area (Å²) in [6.45, 7) is 6.45. The second-order valence-corrected chi connectivity index (χ2v) is 4.43. The minimum Gasteiger partial charge on any atom is -0.480 e. The lowest BCUT2D eigenvalue weighted by Crippen LogP contribution is -2.42. The molecule has 0 amide bonds. The van der Waals surface area contributed by atoms with Gasteiger partial charge in [-0.15, -0.1) is 0 Å². The van der Waals surface area contributed by atoms with Crippen molar-refractivity contribution in [2.45, 2.75) is 19.9 Å². The Bertz CT molecular complexity index is 196. The van der Waals surface area contributed by atoms with Crippen molar-refractivity contribution in [3.8, 4) is 0 Å². The van der Waals surface area contributed by atoms with Crippen molar-refractivity contribution >= 4 is 5.97 Å². The average Bonchev–Trinajstić information content (AvgIpc) is 2.14. The Hall–Kier alpha value is -0.650. The van der Waals surface area contributed by atoms with Gasteiger partial charge in [0.05, 0.1) is 13.2 Å². The third kappa shape index (κ3) is 7.62. The van der Waals surface area contributed by atoms with E-state index in [0.717, 1.165) is 6.54 Å². The molecule has 1 unspecified atom stereocenters. The molecule has 0 spiro atoms. The lowest BCUT2D eigenvalue weighted by Gasteiger charge is -2.18. The number of hydrogen-bond acceptors (Lipinski definition) is 4. The molecule has 2 N–H and O–H groups in total. The smallest absolute Gasteiger partial charge is 0.320 e. The second kappa shape index (κ2) is 8.50. The Kier molecular flexibility index (Phi) is 8.15. The minimum absolute atomic E-state index is 0.0827. The number of rotatable bonds is 9. The normalized spacial score (nSPS) is 13.4. The van der Waals surface area contributed by atoms with Crippen molar-refractivity contribution in [2.24, 2.45) is 5.92 Å². The molecule has 5 nitrogen and oxygen atoms in total. The fraction of sp³-hybridized carbons (Fsp3) is 0.909. The zero-order chi connectivity index (χ0) is 12.6. The highest BCUT2D eigenvalue weighted by Gasteiger charge is 2.19. The van der Waals surface area contributed by atoms with E-state index in [-0.39, 0.29) is 5.92 Å². The molecule has 0 fully saturated rings. The maximum absolute atomic E-state index is 10.8. The number of nitrogens with one attached hydrogen (secondary N) is 1. The van der Waals surface area contributed by atoms with Crippen molar-refractivity contribution in [1.29, 1.82) is 0 Å². The molecule has 0 aromatic heterocycles. The molecule has 0 aliphatic carbocycles. The lowest BCUT2D eigenvalue weighted by atomic mass is 10.1. The highest BCUT2D eigenvalue weighted by atomic mass is 16.5. The van der Waals surface area contributed by atoms with Crippen molar-refractivity contribution in [2.75, 3.05) is 40.4 Å². The Morgan fingerprint density at radius 3 is 2.44 bits per heavy atom. The Labute approximate surface area is 97.8 Å². The molecule has 0 radical (unpaired) electrons. The summed E-state index contributed by atoms with van der Waals surface area (Å²) in [6, 6.07) is -0.488. The molecule has 16 heavy (non-hydrogen) atoms. The molecule has 1 atom stereocenters. The number of ether oxygens (including phenoxy) is 1. The Morgan fingerprint density at radius 1 is 1.38 bits per heavy atom. The number of carboxylic acids is 1. The van der Waals surface area contributed by atoms with Crippen LogP contribution < -0.4 is 5.32 Å². The second-order valence-electron chi connectivity index (χ2n) is 4.43. The molecule has 96 valence electrons. The van der Waals surface area contributed by atoms with Crippen LogP contribution in [0.2, 0.25) is 0 Å². The SMILES string of the molecule is CC(C)C(NCCOCCN(C)C)C(=O)O. The van der Waals surface area contributed by atoms with E-state index in [9.17, 15) is 4.79 Å². The van der Waals surface area contributed by atoms with Gasteiger partial charge in [-0.05, 0) is 20.0 Å². The van der Waals surface area contributed by atoms with Crippen LogP contribution in [0.1, 0.15) is 13.8 Å². The Morgan fingerprint density at radius 2 is 2.00 bits per heavy atom. The van der Waals surface area contributed by atoms with Gasteiger partial charge in [0.15, 0.2) is 0 Å². The first-order chi connectivity index (χ1) is 7.45. The molecule has 0 saturated heterocycles. The number of likely N-dealkylation sites (N-methyl/N-ethyl adjacent to an activating group) is 1. The van der Waals surface area contributed by atoms with Crippen LogP contribution in [-0.4, -0.2) is 62.4 Å². The molecule has 0 rings (SSSR count). The van der Waals surface area contributed by atoms with Gasteiger partial charge in [0.1, 0.15) is 6.04 Å². The highest BCUT2D eigenvalue weighted by molar-refractivity contribution is 5.73. The predicted octanol–water partition coefficient (Wildman–Crippen LogP) is 0.263. The predicted molar refractivity (Wildman–Crippen MR) is 63.6 cm³/mol. The molecular weight excluding hydrogens is 208 g/mol. The van der Waals surface area contributed by atoms with Crippen LogP contribution in [0.4, 0.5) is 0 Å². The molecule has 0 aliphatic rings. The van der Waals surface area contributed by atoms with Gasteiger partial charge >= 0.3 is 5.97 Å². The fourth-order valence-electron chi connectivity index (χ4n) is 1.24. The number of aliphatic carboxylic acids is 1. The number of carboxylic acid groups (broad SMARTS) is 1. The van der Waals surface area contributed by atoms with Gasteiger partial charge in [0.25, 0.3) is 0 Å². The summed E-state index contributed by atoms with van der Waals surface area (Å²) in [7, 11) is 3.97. The minimum atomic E-state index is -0.803. The molecule has 0 aromatic carbocycles. The molecule has 5 heteroatoms. The van der Waals surface area contributed by atoms with Gasteiger partial charge in [0, 0.05) is 13.1 Å². The molecule has 0 bridgehead atoms. The van der Waals surface area contributed by atoms with E-state index >= 15 is 0 Å². The summed E-state index contributed by atoms with van der Waals surface area (Å²) in [4.78, 5) is 12.9. The van der Waals surface area contributed by atoms with Crippen LogP contribution >= 0.6 is 0 Å². The number of hydrogen-bond donors (Lipinski definition) is 2. The van der Waals surface area contributed by atoms with Crippen LogP contribution in [0.15, 0.2) is 0 Å². The van der Waals surface area contributed by atoms with Crippen LogP contribution in [-0.2, 0) is 9.53 Å². The van der Waals surface area contributed by atoms with Gasteiger partial charge in [-0.1, -0.05) is 13.8 Å². The first-order valence-electron chi connectivity index (χ1n) is 5.63. The first-order valence-corrected chi connectivity index (χ1v) is 5.63. The third-order valence-electron chi connectivity index (χ3n) is 2.23. The highest BCUT2D eigenvalue weighted by Crippen LogP contribution is 2.00. The monoisotopic (exact) mass is 232 g/mol. The summed E-state index contributed by atoms with van der Waals surface area (Å²) in [5.74, 6) is -0.720. The quantitative estimate of drug-likeness (QED) is 0.559. The van der Waals surface area contributed by atoms with Crippen molar-refractivity contribution in [3.63, 3.8) is 0 Å². The van der Waals surface area contributed by atoms with E-state index in [1.807, 2.05) is 32.8 Å². The van der Waals surface area contributed by atoms with E-state index in [1.54, 1.807) is 0 Å². The maximum Gasteiger partial charge on any atom is 0.320 e. The summed E-state index contributed by atoms with van der Waals surface area (Å²) >= 11 is 0. The van der Waals surface area contributed by atoms with E-state index in [4.69, 9.17) is 9.84 Å². The molecule has 0 aromatic rings. The topological polar surface area (TPSA) is 61.8 Å². The number of carbonyl (C=O) groups is 1. The van der Waals surface area contributed by atoms with Crippen molar-refractivity contribution < 1.29 is 14.6 Å². The summed E-state index contributed by atoms with van der Waals surface area (Å²) in [6.07, 6.45) is 0. The van der Waals surface area contributed by atoms with Gasteiger partial charge in [-0.3, -0.25) is 4.79 Å². The zero-order valence-electron chi connectivity index (χ0n) is 10.7. The van der Waals surface area contributed by atoms with Gasteiger partial charge < -0.3 is 20.1 Å². The lowest BCUT2D eigenvalue weighted by molar-refractivity contribution is -0.140. The zero-order valence-corrected chi connectivity index (χ0v) is 10.7. The largest absolute Gasteiger partial charge is 0.480 e.